The Balaban J connectivity index is 1.97. The van der Waals surface area contributed by atoms with E-state index in [0.29, 0.717) is 0 Å². The fourth-order valence-corrected chi connectivity index (χ4v) is 3.10. The molecular weight excluding hydrogens is 262 g/mol. The van der Waals surface area contributed by atoms with E-state index >= 15 is 0 Å². The SMILES string of the molecule is Cc1nn(C)c2nc(N(C)C(C)c3ccon3)sc12. The number of anilines is 1. The van der Waals surface area contributed by atoms with Gasteiger partial charge in [0, 0.05) is 20.2 Å². The lowest BCUT2D eigenvalue weighted by Crippen LogP contribution is -2.21. The molecule has 19 heavy (non-hydrogen) atoms. The molecule has 3 aromatic heterocycles. The standard InChI is InChI=1S/C12H15N5OS/c1-7-10-11(17(4)14-7)13-12(19-10)16(3)8(2)9-5-6-18-15-9/h5-6,8H,1-4H3. The summed E-state index contributed by atoms with van der Waals surface area (Å²) in [5, 5.41) is 9.31. The van der Waals surface area contributed by atoms with Gasteiger partial charge in [0.05, 0.1) is 16.4 Å². The lowest BCUT2D eigenvalue weighted by Gasteiger charge is -2.21. The molecule has 7 heteroatoms. The van der Waals surface area contributed by atoms with Gasteiger partial charge < -0.3 is 9.42 Å². The van der Waals surface area contributed by atoms with E-state index in [1.54, 1.807) is 17.6 Å². The number of fused-ring (bicyclic) bond motifs is 1. The summed E-state index contributed by atoms with van der Waals surface area (Å²) in [6.45, 7) is 4.08. The van der Waals surface area contributed by atoms with Crippen LogP contribution in [0.4, 0.5) is 5.13 Å². The zero-order chi connectivity index (χ0) is 13.6. The first kappa shape index (κ1) is 12.2. The fraction of sp³-hybridized carbons (Fsp3) is 0.417. The van der Waals surface area contributed by atoms with Crippen LogP contribution in [0.15, 0.2) is 16.9 Å². The molecule has 0 bridgehead atoms. The number of hydrogen-bond acceptors (Lipinski definition) is 6. The van der Waals surface area contributed by atoms with E-state index in [2.05, 4.69) is 27.1 Å². The van der Waals surface area contributed by atoms with Crippen molar-refractivity contribution in [3.05, 3.63) is 23.7 Å². The number of thiazole rings is 1. The molecule has 0 spiro atoms. The maximum atomic E-state index is 4.90. The van der Waals surface area contributed by atoms with Gasteiger partial charge in [-0.1, -0.05) is 16.5 Å². The number of nitrogens with zero attached hydrogens (tertiary/aromatic N) is 5. The Hall–Kier alpha value is -1.89. The predicted molar refractivity (Wildman–Crippen MR) is 74.4 cm³/mol. The Morgan fingerprint density at radius 2 is 2.26 bits per heavy atom. The molecule has 3 rings (SSSR count). The molecule has 1 unspecified atom stereocenters. The third-order valence-corrected chi connectivity index (χ3v) is 4.55. The molecule has 0 N–H and O–H groups in total. The summed E-state index contributed by atoms with van der Waals surface area (Å²) in [5.74, 6) is 0. The Labute approximate surface area is 114 Å². The Morgan fingerprint density at radius 1 is 1.47 bits per heavy atom. The first-order valence-electron chi connectivity index (χ1n) is 6.01. The largest absolute Gasteiger partial charge is 0.364 e. The van der Waals surface area contributed by atoms with Crippen LogP contribution in [0.3, 0.4) is 0 Å². The van der Waals surface area contributed by atoms with Gasteiger partial charge in [0.2, 0.25) is 0 Å². The minimum absolute atomic E-state index is 0.118. The molecule has 0 aliphatic heterocycles. The molecule has 0 saturated carbocycles. The third-order valence-electron chi connectivity index (χ3n) is 3.30. The molecule has 1 atom stereocenters. The van der Waals surface area contributed by atoms with Crippen LogP contribution in [-0.4, -0.2) is 27.0 Å². The maximum Gasteiger partial charge on any atom is 0.188 e. The summed E-state index contributed by atoms with van der Waals surface area (Å²) in [6.07, 6.45) is 1.59. The van der Waals surface area contributed by atoms with Crippen LogP contribution < -0.4 is 4.90 Å². The molecule has 6 nitrogen and oxygen atoms in total. The van der Waals surface area contributed by atoms with Gasteiger partial charge in [-0.25, -0.2) is 9.67 Å². The molecule has 100 valence electrons. The van der Waals surface area contributed by atoms with Crippen LogP contribution in [0, 0.1) is 6.92 Å². The van der Waals surface area contributed by atoms with Crippen molar-refractivity contribution in [1.82, 2.24) is 19.9 Å². The van der Waals surface area contributed by atoms with E-state index in [0.717, 1.165) is 26.9 Å². The Kier molecular flexibility index (Phi) is 2.78. The number of aromatic nitrogens is 4. The Bertz CT molecular complexity index is 665. The number of hydrogen-bond donors (Lipinski definition) is 0. The number of rotatable bonds is 3. The normalized spacial score (nSPS) is 13.1. The van der Waals surface area contributed by atoms with Crippen molar-refractivity contribution < 1.29 is 4.52 Å². The highest BCUT2D eigenvalue weighted by atomic mass is 32.1. The summed E-state index contributed by atoms with van der Waals surface area (Å²) < 4.78 is 7.85. The minimum Gasteiger partial charge on any atom is -0.364 e. The summed E-state index contributed by atoms with van der Waals surface area (Å²) in [4.78, 5) is 6.75. The molecule has 0 aliphatic carbocycles. The Morgan fingerprint density at radius 3 is 2.89 bits per heavy atom. The topological polar surface area (TPSA) is 60.0 Å². The second kappa shape index (κ2) is 4.34. The smallest absolute Gasteiger partial charge is 0.188 e. The lowest BCUT2D eigenvalue weighted by molar-refractivity contribution is 0.406. The van der Waals surface area contributed by atoms with E-state index in [1.807, 2.05) is 31.8 Å². The van der Waals surface area contributed by atoms with Gasteiger partial charge in [-0.3, -0.25) is 0 Å². The predicted octanol–water partition coefficient (Wildman–Crippen LogP) is 2.52. The van der Waals surface area contributed by atoms with E-state index in [9.17, 15) is 0 Å². The summed E-state index contributed by atoms with van der Waals surface area (Å²) in [7, 11) is 3.93. The second-order valence-corrected chi connectivity index (χ2v) is 5.55. The van der Waals surface area contributed by atoms with Gasteiger partial charge in [-0.15, -0.1) is 0 Å². The summed E-state index contributed by atoms with van der Waals surface area (Å²) in [5.41, 5.74) is 2.84. The minimum atomic E-state index is 0.118. The van der Waals surface area contributed by atoms with Crippen LogP contribution in [0.1, 0.15) is 24.4 Å². The van der Waals surface area contributed by atoms with Crippen LogP contribution in [0.5, 0.6) is 0 Å². The highest BCUT2D eigenvalue weighted by Gasteiger charge is 2.20. The zero-order valence-corrected chi connectivity index (χ0v) is 12.1. The van der Waals surface area contributed by atoms with Gasteiger partial charge in [-0.2, -0.15) is 5.10 Å². The van der Waals surface area contributed by atoms with Gasteiger partial charge in [0.15, 0.2) is 10.8 Å². The van der Waals surface area contributed by atoms with Gasteiger partial charge in [-0.05, 0) is 13.8 Å². The maximum absolute atomic E-state index is 4.90. The van der Waals surface area contributed by atoms with Crippen molar-refractivity contribution in [3.8, 4) is 0 Å². The average Bonchev–Trinajstić information content (AvgIpc) is 3.08. The highest BCUT2D eigenvalue weighted by Crippen LogP contribution is 2.33. The first-order chi connectivity index (χ1) is 9.08. The third kappa shape index (κ3) is 1.90. The zero-order valence-electron chi connectivity index (χ0n) is 11.3. The highest BCUT2D eigenvalue weighted by molar-refractivity contribution is 7.22. The van der Waals surface area contributed by atoms with Gasteiger partial charge >= 0.3 is 0 Å². The molecule has 0 fully saturated rings. The monoisotopic (exact) mass is 277 g/mol. The van der Waals surface area contributed by atoms with Crippen molar-refractivity contribution in [2.24, 2.45) is 7.05 Å². The summed E-state index contributed by atoms with van der Waals surface area (Å²) in [6, 6.07) is 1.99. The van der Waals surface area contributed by atoms with Crippen molar-refractivity contribution in [3.63, 3.8) is 0 Å². The molecular formula is C12H15N5OS. The van der Waals surface area contributed by atoms with E-state index in [4.69, 9.17) is 4.52 Å². The first-order valence-corrected chi connectivity index (χ1v) is 6.83. The summed E-state index contributed by atoms with van der Waals surface area (Å²) >= 11 is 1.65. The molecule has 0 saturated heterocycles. The molecule has 0 aliphatic rings. The van der Waals surface area contributed by atoms with Gasteiger partial charge in [0.1, 0.15) is 12.0 Å². The number of aryl methyl sites for hydroxylation is 2. The molecule has 0 amide bonds. The van der Waals surface area contributed by atoms with Crippen LogP contribution in [-0.2, 0) is 7.05 Å². The van der Waals surface area contributed by atoms with E-state index in [1.165, 1.54) is 0 Å². The second-order valence-electron chi connectivity index (χ2n) is 4.57. The quantitative estimate of drug-likeness (QED) is 0.736. The van der Waals surface area contributed by atoms with Crippen LogP contribution in [0.25, 0.3) is 10.3 Å². The molecule has 3 aromatic rings. The fourth-order valence-electron chi connectivity index (χ4n) is 2.03. The molecule has 3 heterocycles. The van der Waals surface area contributed by atoms with E-state index in [-0.39, 0.29) is 6.04 Å². The van der Waals surface area contributed by atoms with Crippen LogP contribution >= 0.6 is 11.3 Å². The average molecular weight is 277 g/mol. The van der Waals surface area contributed by atoms with Crippen molar-refractivity contribution in [2.75, 3.05) is 11.9 Å². The lowest BCUT2D eigenvalue weighted by atomic mass is 10.2. The molecule has 0 aromatic carbocycles. The van der Waals surface area contributed by atoms with Crippen molar-refractivity contribution in [1.29, 1.82) is 0 Å². The van der Waals surface area contributed by atoms with E-state index < -0.39 is 0 Å². The van der Waals surface area contributed by atoms with Crippen LogP contribution in [0.2, 0.25) is 0 Å². The molecule has 0 radical (unpaired) electrons. The van der Waals surface area contributed by atoms with Crippen molar-refractivity contribution in [2.45, 2.75) is 19.9 Å². The van der Waals surface area contributed by atoms with Crippen molar-refractivity contribution >= 4 is 26.8 Å². The van der Waals surface area contributed by atoms with Gasteiger partial charge in [0.25, 0.3) is 0 Å².